The van der Waals surface area contributed by atoms with Crippen molar-refractivity contribution < 1.29 is 14.3 Å². The quantitative estimate of drug-likeness (QED) is 0.706. The molecule has 1 aromatic heterocycles. The second-order valence-corrected chi connectivity index (χ2v) is 7.00. The highest BCUT2D eigenvalue weighted by atomic mass is 16.5. The summed E-state index contributed by atoms with van der Waals surface area (Å²) < 4.78 is 7.26. The van der Waals surface area contributed by atoms with Gasteiger partial charge in [0.15, 0.2) is 6.61 Å². The fourth-order valence-electron chi connectivity index (χ4n) is 3.58. The number of carbonyl (C=O) groups is 2. The topological polar surface area (TPSA) is 90.4 Å². The van der Waals surface area contributed by atoms with Gasteiger partial charge >= 0.3 is 0 Å². The van der Waals surface area contributed by atoms with Gasteiger partial charge in [-0.15, -0.1) is 0 Å². The van der Waals surface area contributed by atoms with Gasteiger partial charge in [0, 0.05) is 13.6 Å². The minimum absolute atomic E-state index is 0.144. The van der Waals surface area contributed by atoms with Crippen molar-refractivity contribution in [3.63, 3.8) is 0 Å². The van der Waals surface area contributed by atoms with Gasteiger partial charge in [0.25, 0.3) is 5.91 Å². The van der Waals surface area contributed by atoms with Crippen LogP contribution in [0.3, 0.4) is 0 Å². The molecule has 1 aliphatic rings. The molecule has 0 atom stereocenters. The monoisotopic (exact) mass is 382 g/mol. The Morgan fingerprint density at radius 1 is 1.32 bits per heavy atom. The molecule has 7 heteroatoms. The van der Waals surface area contributed by atoms with Crippen LogP contribution in [-0.2, 0) is 42.6 Å². The summed E-state index contributed by atoms with van der Waals surface area (Å²) in [5, 5.41) is 4.64. The predicted molar refractivity (Wildman–Crippen MR) is 105 cm³/mol. The highest BCUT2D eigenvalue weighted by Gasteiger charge is 2.22. The molecular weight excluding hydrogens is 356 g/mol. The zero-order valence-electron chi connectivity index (χ0n) is 16.2. The first-order valence-electron chi connectivity index (χ1n) is 9.43. The number of benzene rings is 1. The van der Waals surface area contributed by atoms with Gasteiger partial charge in [0.2, 0.25) is 5.91 Å². The molecule has 0 radical (unpaired) electrons. The molecule has 1 aromatic carbocycles. The Labute approximate surface area is 164 Å². The third-order valence-electron chi connectivity index (χ3n) is 4.93. The van der Waals surface area contributed by atoms with E-state index < -0.39 is 5.91 Å². The lowest BCUT2D eigenvalue weighted by Crippen LogP contribution is -2.30. The summed E-state index contributed by atoms with van der Waals surface area (Å²) in [5.74, 6) is -0.135. The lowest BCUT2D eigenvalue weighted by atomic mass is 9.95. The van der Waals surface area contributed by atoms with Gasteiger partial charge in [-0.25, -0.2) is 0 Å². The van der Waals surface area contributed by atoms with Gasteiger partial charge in [-0.1, -0.05) is 18.7 Å². The van der Waals surface area contributed by atoms with Crippen LogP contribution >= 0.6 is 0 Å². The predicted octanol–water partition coefficient (Wildman–Crippen LogP) is 1.88. The van der Waals surface area contributed by atoms with Crippen LogP contribution in [-0.4, -0.2) is 33.1 Å². The molecule has 0 fully saturated rings. The van der Waals surface area contributed by atoms with Crippen LogP contribution in [0.5, 0.6) is 5.75 Å². The van der Waals surface area contributed by atoms with Gasteiger partial charge in [0.1, 0.15) is 5.75 Å². The Balaban J connectivity index is 1.80. The largest absolute Gasteiger partial charge is 0.484 e. The van der Waals surface area contributed by atoms with Crippen LogP contribution in [0.25, 0.3) is 0 Å². The van der Waals surface area contributed by atoms with E-state index in [0.717, 1.165) is 42.6 Å². The van der Waals surface area contributed by atoms with E-state index in [0.29, 0.717) is 18.8 Å². The number of nitrogens with two attached hydrogens (primary N) is 1. The number of primary amides is 1. The summed E-state index contributed by atoms with van der Waals surface area (Å²) in [6.45, 7) is 4.33. The number of nitrogens with zero attached hydrogens (tertiary/aromatic N) is 3. The van der Waals surface area contributed by atoms with Crippen LogP contribution in [0.15, 0.2) is 36.9 Å². The van der Waals surface area contributed by atoms with Crippen molar-refractivity contribution in [3.8, 4) is 5.75 Å². The highest BCUT2D eigenvalue weighted by Crippen LogP contribution is 2.25. The van der Waals surface area contributed by atoms with Crippen molar-refractivity contribution in [2.75, 3.05) is 6.61 Å². The maximum absolute atomic E-state index is 12.5. The summed E-state index contributed by atoms with van der Waals surface area (Å²) in [5.41, 5.74) is 9.52. The molecule has 1 heterocycles. The number of amides is 2. The molecule has 28 heavy (non-hydrogen) atoms. The van der Waals surface area contributed by atoms with Crippen molar-refractivity contribution in [1.29, 1.82) is 0 Å². The lowest BCUT2D eigenvalue weighted by molar-refractivity contribution is -0.127. The number of fused-ring (bicyclic) bond motifs is 1. The fraction of sp³-hybridized carbons (Fsp3) is 0.381. The molecule has 3 rings (SSSR count). The van der Waals surface area contributed by atoms with Crippen molar-refractivity contribution in [1.82, 2.24) is 14.7 Å². The molecule has 148 valence electrons. The van der Waals surface area contributed by atoms with Crippen LogP contribution in [0.4, 0.5) is 0 Å². The molecule has 0 bridgehead atoms. The van der Waals surface area contributed by atoms with E-state index in [1.165, 1.54) is 11.6 Å². The highest BCUT2D eigenvalue weighted by molar-refractivity contribution is 5.87. The maximum atomic E-state index is 12.5. The Bertz CT molecular complexity index is 888. The van der Waals surface area contributed by atoms with Crippen molar-refractivity contribution in [2.24, 2.45) is 12.8 Å². The van der Waals surface area contributed by atoms with Crippen molar-refractivity contribution in [3.05, 3.63) is 59.4 Å². The minimum atomic E-state index is -0.533. The summed E-state index contributed by atoms with van der Waals surface area (Å²) in [6.07, 6.45) is 5.65. The van der Waals surface area contributed by atoms with Gasteiger partial charge in [-0.2, -0.15) is 5.10 Å². The second kappa shape index (κ2) is 8.73. The molecule has 0 aliphatic heterocycles. The third kappa shape index (κ3) is 4.60. The van der Waals surface area contributed by atoms with Gasteiger partial charge in [0.05, 0.1) is 17.9 Å². The average molecular weight is 382 g/mol. The van der Waals surface area contributed by atoms with E-state index in [2.05, 4.69) is 11.7 Å². The van der Waals surface area contributed by atoms with Gasteiger partial charge in [-0.05, 0) is 55.0 Å². The lowest BCUT2D eigenvalue weighted by Gasteiger charge is -2.23. The molecule has 0 unspecified atom stereocenters. The van der Waals surface area contributed by atoms with E-state index in [9.17, 15) is 9.59 Å². The third-order valence-corrected chi connectivity index (χ3v) is 4.93. The molecule has 2 N–H and O–H groups in total. The first kappa shape index (κ1) is 19.7. The average Bonchev–Trinajstić information content (AvgIpc) is 3.01. The van der Waals surface area contributed by atoms with Crippen LogP contribution in [0, 0.1) is 0 Å². The molecule has 1 aliphatic carbocycles. The first-order valence-corrected chi connectivity index (χ1v) is 9.43. The van der Waals surface area contributed by atoms with Crippen LogP contribution < -0.4 is 10.5 Å². The smallest absolute Gasteiger partial charge is 0.255 e. The van der Waals surface area contributed by atoms with E-state index in [4.69, 9.17) is 10.5 Å². The minimum Gasteiger partial charge on any atom is -0.484 e. The number of hydrogen-bond acceptors (Lipinski definition) is 4. The van der Waals surface area contributed by atoms with Crippen LogP contribution in [0.1, 0.15) is 35.4 Å². The Morgan fingerprint density at radius 3 is 2.86 bits per heavy atom. The zero-order chi connectivity index (χ0) is 20.1. The van der Waals surface area contributed by atoms with E-state index >= 15 is 0 Å². The zero-order valence-corrected chi connectivity index (χ0v) is 16.2. The van der Waals surface area contributed by atoms with Crippen LogP contribution in [0.2, 0.25) is 0 Å². The number of hydrogen-bond donors (Lipinski definition) is 1. The Kier molecular flexibility index (Phi) is 6.13. The standard InChI is InChI=1S/C21H26N4O3/c1-3-21(27)25(12-15-7-6-8-16(11-15)28-14-20(22)26)13-19-17-9-4-5-10-18(17)23-24(19)2/h3,6-8,11H,1,4-5,9-10,12-14H2,2H3,(H2,22,26). The normalized spacial score (nSPS) is 12.9. The molecule has 2 aromatic rings. The summed E-state index contributed by atoms with van der Waals surface area (Å²) in [7, 11) is 1.93. The number of aromatic nitrogens is 2. The Morgan fingerprint density at radius 2 is 2.11 bits per heavy atom. The molecule has 0 saturated carbocycles. The van der Waals surface area contributed by atoms with E-state index in [1.54, 1.807) is 11.0 Å². The number of aryl methyl sites for hydroxylation is 2. The molecule has 0 saturated heterocycles. The number of carbonyl (C=O) groups excluding carboxylic acids is 2. The molecule has 2 amide bonds. The van der Waals surface area contributed by atoms with Gasteiger partial charge < -0.3 is 15.4 Å². The maximum Gasteiger partial charge on any atom is 0.255 e. The van der Waals surface area contributed by atoms with E-state index in [-0.39, 0.29) is 12.5 Å². The molecule has 7 nitrogen and oxygen atoms in total. The summed E-state index contributed by atoms with van der Waals surface area (Å²) in [6, 6.07) is 7.31. The summed E-state index contributed by atoms with van der Waals surface area (Å²) in [4.78, 5) is 25.2. The molecule has 0 spiro atoms. The Hall–Kier alpha value is -3.09. The molecular formula is C21H26N4O3. The number of rotatable bonds is 8. The first-order chi connectivity index (χ1) is 13.5. The van der Waals surface area contributed by atoms with Gasteiger partial charge in [-0.3, -0.25) is 14.3 Å². The fourth-order valence-corrected chi connectivity index (χ4v) is 3.58. The van der Waals surface area contributed by atoms with Crippen molar-refractivity contribution >= 4 is 11.8 Å². The second-order valence-electron chi connectivity index (χ2n) is 7.00. The van der Waals surface area contributed by atoms with Crippen molar-refractivity contribution in [2.45, 2.75) is 38.8 Å². The summed E-state index contributed by atoms with van der Waals surface area (Å²) >= 11 is 0. The SMILES string of the molecule is C=CC(=O)N(Cc1cccc(OCC(N)=O)c1)Cc1c2c(nn1C)CCCC2. The number of ether oxygens (including phenoxy) is 1. The van der Waals surface area contributed by atoms with E-state index in [1.807, 2.05) is 29.9 Å².